The number of aromatic nitrogens is 5. The van der Waals surface area contributed by atoms with Gasteiger partial charge < -0.3 is 4.74 Å². The summed E-state index contributed by atoms with van der Waals surface area (Å²) >= 11 is 0. The van der Waals surface area contributed by atoms with E-state index in [1.807, 2.05) is 0 Å². The standard InChI is InChI=1S/C10H11N5O2/c1-3-17-9(16)8-7(2)13-15(14-8)10-11-5-4-6-12-10/h4-6H,3H2,1-2H3. The van der Waals surface area contributed by atoms with E-state index in [0.29, 0.717) is 18.2 Å². The Morgan fingerprint density at radius 3 is 2.71 bits per heavy atom. The van der Waals surface area contributed by atoms with Gasteiger partial charge in [-0.3, -0.25) is 0 Å². The molecule has 0 aliphatic rings. The van der Waals surface area contributed by atoms with Gasteiger partial charge in [0.15, 0.2) is 5.69 Å². The van der Waals surface area contributed by atoms with Gasteiger partial charge in [0.05, 0.1) is 12.3 Å². The second-order valence-electron chi connectivity index (χ2n) is 3.19. The van der Waals surface area contributed by atoms with Gasteiger partial charge in [0.1, 0.15) is 0 Å². The molecule has 0 saturated carbocycles. The second-order valence-corrected chi connectivity index (χ2v) is 3.19. The molecule has 88 valence electrons. The molecule has 0 bridgehead atoms. The summed E-state index contributed by atoms with van der Waals surface area (Å²) in [6, 6.07) is 1.69. The summed E-state index contributed by atoms with van der Waals surface area (Å²) in [5.41, 5.74) is 0.662. The summed E-state index contributed by atoms with van der Waals surface area (Å²) in [4.78, 5) is 20.7. The van der Waals surface area contributed by atoms with Gasteiger partial charge in [0.25, 0.3) is 5.95 Å². The van der Waals surface area contributed by atoms with Crippen LogP contribution in [0.15, 0.2) is 18.5 Å². The fraction of sp³-hybridized carbons (Fsp3) is 0.300. The first-order valence-corrected chi connectivity index (χ1v) is 5.11. The number of nitrogens with zero attached hydrogens (tertiary/aromatic N) is 5. The van der Waals surface area contributed by atoms with Crippen molar-refractivity contribution in [2.45, 2.75) is 13.8 Å². The molecule has 0 unspecified atom stereocenters. The molecule has 0 aromatic carbocycles. The number of rotatable bonds is 3. The lowest BCUT2D eigenvalue weighted by Crippen LogP contribution is -2.08. The van der Waals surface area contributed by atoms with Gasteiger partial charge in [-0.15, -0.1) is 15.0 Å². The Kier molecular flexibility index (Phi) is 3.08. The molecular weight excluding hydrogens is 222 g/mol. The minimum absolute atomic E-state index is 0.180. The van der Waals surface area contributed by atoms with Gasteiger partial charge in [0.2, 0.25) is 0 Å². The van der Waals surface area contributed by atoms with E-state index in [-0.39, 0.29) is 5.69 Å². The van der Waals surface area contributed by atoms with Crippen molar-refractivity contribution >= 4 is 5.97 Å². The zero-order valence-corrected chi connectivity index (χ0v) is 9.49. The van der Waals surface area contributed by atoms with Gasteiger partial charge in [-0.1, -0.05) is 0 Å². The molecule has 7 nitrogen and oxygen atoms in total. The van der Waals surface area contributed by atoms with Crippen LogP contribution < -0.4 is 0 Å². The van der Waals surface area contributed by atoms with Crippen molar-refractivity contribution < 1.29 is 9.53 Å². The van der Waals surface area contributed by atoms with Crippen LogP contribution in [0.5, 0.6) is 0 Å². The summed E-state index contributed by atoms with van der Waals surface area (Å²) < 4.78 is 4.86. The number of carbonyl (C=O) groups is 1. The van der Waals surface area contributed by atoms with Crippen LogP contribution in [0.25, 0.3) is 5.95 Å². The highest BCUT2D eigenvalue weighted by molar-refractivity contribution is 5.88. The van der Waals surface area contributed by atoms with Crippen molar-refractivity contribution in [3.05, 3.63) is 29.8 Å². The number of hydrogen-bond donors (Lipinski definition) is 0. The lowest BCUT2D eigenvalue weighted by molar-refractivity contribution is 0.0518. The quantitative estimate of drug-likeness (QED) is 0.719. The van der Waals surface area contributed by atoms with Crippen LogP contribution in [0.4, 0.5) is 0 Å². The lowest BCUT2D eigenvalue weighted by atomic mass is 10.3. The summed E-state index contributed by atoms with van der Waals surface area (Å²) in [6.45, 7) is 3.71. The Morgan fingerprint density at radius 1 is 1.35 bits per heavy atom. The maximum Gasteiger partial charge on any atom is 0.360 e. The van der Waals surface area contributed by atoms with E-state index >= 15 is 0 Å². The van der Waals surface area contributed by atoms with Crippen LogP contribution in [0.1, 0.15) is 23.1 Å². The number of carbonyl (C=O) groups excluding carboxylic acids is 1. The maximum absolute atomic E-state index is 11.5. The van der Waals surface area contributed by atoms with E-state index in [9.17, 15) is 4.79 Å². The first-order valence-electron chi connectivity index (χ1n) is 5.11. The molecule has 0 spiro atoms. The van der Waals surface area contributed by atoms with E-state index in [1.165, 1.54) is 4.80 Å². The van der Waals surface area contributed by atoms with E-state index in [2.05, 4.69) is 20.2 Å². The molecule has 2 rings (SSSR count). The zero-order valence-electron chi connectivity index (χ0n) is 9.49. The SMILES string of the molecule is CCOC(=O)c1nn(-c2ncccn2)nc1C. The molecule has 0 fully saturated rings. The number of esters is 1. The number of hydrogen-bond acceptors (Lipinski definition) is 6. The summed E-state index contributed by atoms with van der Waals surface area (Å²) in [5.74, 6) is -0.182. The Balaban J connectivity index is 2.34. The molecule has 0 saturated heterocycles. The van der Waals surface area contributed by atoms with Crippen molar-refractivity contribution in [2.75, 3.05) is 6.61 Å². The largest absolute Gasteiger partial charge is 0.461 e. The number of aryl methyl sites for hydroxylation is 1. The Hall–Kier alpha value is -2.31. The molecule has 2 heterocycles. The third-order valence-electron chi connectivity index (χ3n) is 1.98. The maximum atomic E-state index is 11.5. The van der Waals surface area contributed by atoms with Crippen LogP contribution in [0.2, 0.25) is 0 Å². The van der Waals surface area contributed by atoms with Crippen molar-refractivity contribution in [3.8, 4) is 5.95 Å². The van der Waals surface area contributed by atoms with Crippen LogP contribution in [-0.2, 0) is 4.74 Å². The lowest BCUT2D eigenvalue weighted by Gasteiger charge is -1.97. The predicted molar refractivity (Wildman–Crippen MR) is 57.6 cm³/mol. The highest BCUT2D eigenvalue weighted by Crippen LogP contribution is 2.05. The smallest absolute Gasteiger partial charge is 0.360 e. The molecule has 0 amide bonds. The molecule has 0 N–H and O–H groups in total. The molecule has 17 heavy (non-hydrogen) atoms. The third kappa shape index (κ3) is 2.27. The Bertz CT molecular complexity index is 523. The topological polar surface area (TPSA) is 82.8 Å². The van der Waals surface area contributed by atoms with Crippen LogP contribution in [-0.4, -0.2) is 37.5 Å². The Morgan fingerprint density at radius 2 is 2.06 bits per heavy atom. The normalized spacial score (nSPS) is 10.2. The predicted octanol–water partition coefficient (Wildman–Crippen LogP) is 0.542. The molecule has 0 atom stereocenters. The minimum atomic E-state index is -0.493. The average Bonchev–Trinajstić information content (AvgIpc) is 2.73. The molecule has 0 radical (unpaired) electrons. The molecule has 0 aliphatic carbocycles. The van der Waals surface area contributed by atoms with E-state index in [4.69, 9.17) is 4.74 Å². The third-order valence-corrected chi connectivity index (χ3v) is 1.98. The number of ether oxygens (including phenoxy) is 1. The fourth-order valence-corrected chi connectivity index (χ4v) is 1.25. The summed E-state index contributed by atoms with van der Waals surface area (Å²) in [5, 5.41) is 8.07. The van der Waals surface area contributed by atoms with Crippen LogP contribution in [0, 0.1) is 6.92 Å². The molecule has 7 heteroatoms. The molecule has 2 aromatic rings. The molecular formula is C10H11N5O2. The van der Waals surface area contributed by atoms with Crippen LogP contribution >= 0.6 is 0 Å². The first-order chi connectivity index (χ1) is 8.22. The van der Waals surface area contributed by atoms with Gasteiger partial charge in [-0.2, -0.15) is 0 Å². The van der Waals surface area contributed by atoms with Crippen molar-refractivity contribution in [1.29, 1.82) is 0 Å². The average molecular weight is 233 g/mol. The van der Waals surface area contributed by atoms with Gasteiger partial charge in [0, 0.05) is 12.4 Å². The monoisotopic (exact) mass is 233 g/mol. The van der Waals surface area contributed by atoms with E-state index in [1.54, 1.807) is 32.3 Å². The minimum Gasteiger partial charge on any atom is -0.461 e. The molecule has 2 aromatic heterocycles. The Labute approximate surface area is 97.5 Å². The fourth-order valence-electron chi connectivity index (χ4n) is 1.25. The van der Waals surface area contributed by atoms with Gasteiger partial charge in [-0.25, -0.2) is 14.8 Å². The first kappa shape index (κ1) is 11.2. The highest BCUT2D eigenvalue weighted by atomic mass is 16.5. The summed E-state index contributed by atoms with van der Waals surface area (Å²) in [7, 11) is 0. The van der Waals surface area contributed by atoms with Gasteiger partial charge >= 0.3 is 5.97 Å². The van der Waals surface area contributed by atoms with Crippen molar-refractivity contribution in [2.24, 2.45) is 0 Å². The molecule has 0 aliphatic heterocycles. The zero-order chi connectivity index (χ0) is 12.3. The van der Waals surface area contributed by atoms with E-state index in [0.717, 1.165) is 0 Å². The van der Waals surface area contributed by atoms with Gasteiger partial charge in [-0.05, 0) is 19.9 Å². The van der Waals surface area contributed by atoms with Crippen molar-refractivity contribution in [1.82, 2.24) is 25.0 Å². The van der Waals surface area contributed by atoms with Crippen molar-refractivity contribution in [3.63, 3.8) is 0 Å². The van der Waals surface area contributed by atoms with Crippen LogP contribution in [0.3, 0.4) is 0 Å². The summed E-state index contributed by atoms with van der Waals surface area (Å²) in [6.07, 6.45) is 3.15. The second kappa shape index (κ2) is 4.69. The van der Waals surface area contributed by atoms with E-state index < -0.39 is 5.97 Å². The highest BCUT2D eigenvalue weighted by Gasteiger charge is 2.17.